The SMILES string of the molecule is C#CCN(c1c(C(=O)O)cccc1-c1c(F)c(F)c(F)c(F)c1F)[C@H]1CCc2cc3nc(C)[nH]c(=O)c3cc21. The minimum atomic E-state index is -2.34. The second-order valence-electron chi connectivity index (χ2n) is 9.06. The van der Waals surface area contributed by atoms with Crippen molar-refractivity contribution in [2.24, 2.45) is 0 Å². The normalized spacial score (nSPS) is 14.3. The number of carbonyl (C=O) groups is 1. The van der Waals surface area contributed by atoms with Crippen molar-refractivity contribution < 1.29 is 31.9 Å². The molecule has 1 aliphatic carbocycles. The molecule has 0 saturated carbocycles. The first-order valence-corrected chi connectivity index (χ1v) is 11.7. The molecule has 5 rings (SSSR count). The number of H-pyrrole nitrogens is 1. The number of rotatable bonds is 5. The van der Waals surface area contributed by atoms with Crippen LogP contribution in [0.5, 0.6) is 0 Å². The molecule has 0 amide bonds. The molecule has 11 heteroatoms. The first-order chi connectivity index (χ1) is 18.5. The minimum Gasteiger partial charge on any atom is -0.478 e. The third-order valence-electron chi connectivity index (χ3n) is 6.80. The van der Waals surface area contributed by atoms with Crippen LogP contribution in [0.25, 0.3) is 22.0 Å². The number of aromatic carboxylic acids is 1. The molecule has 0 bridgehead atoms. The lowest BCUT2D eigenvalue weighted by atomic mass is 9.95. The summed E-state index contributed by atoms with van der Waals surface area (Å²) < 4.78 is 72.1. The van der Waals surface area contributed by atoms with E-state index in [4.69, 9.17) is 6.42 Å². The Kier molecular flexibility index (Phi) is 6.34. The van der Waals surface area contributed by atoms with Crippen LogP contribution in [0.3, 0.4) is 0 Å². The Morgan fingerprint density at radius 1 is 1.13 bits per heavy atom. The molecule has 1 heterocycles. The maximum atomic E-state index is 14.9. The summed E-state index contributed by atoms with van der Waals surface area (Å²) in [5.74, 6) is -9.59. The third kappa shape index (κ3) is 4.09. The number of carboxylic acids is 1. The highest BCUT2D eigenvalue weighted by Crippen LogP contribution is 2.45. The zero-order valence-electron chi connectivity index (χ0n) is 20.2. The van der Waals surface area contributed by atoms with Gasteiger partial charge in [0.05, 0.1) is 40.3 Å². The Morgan fingerprint density at radius 3 is 2.44 bits per heavy atom. The highest BCUT2D eigenvalue weighted by Gasteiger charge is 2.35. The number of aromatic nitrogens is 2. The fraction of sp³-hybridized carbons (Fsp3) is 0.179. The molecular formula is C28H18F5N3O3. The van der Waals surface area contributed by atoms with Crippen LogP contribution in [0.2, 0.25) is 0 Å². The Morgan fingerprint density at radius 2 is 1.79 bits per heavy atom. The maximum absolute atomic E-state index is 14.9. The van der Waals surface area contributed by atoms with Gasteiger partial charge in [0.1, 0.15) is 5.82 Å². The highest BCUT2D eigenvalue weighted by molar-refractivity contribution is 6.00. The van der Waals surface area contributed by atoms with Crippen LogP contribution in [-0.2, 0) is 6.42 Å². The maximum Gasteiger partial charge on any atom is 0.337 e. The van der Waals surface area contributed by atoms with Crippen molar-refractivity contribution in [3.63, 3.8) is 0 Å². The Balaban J connectivity index is 1.79. The number of hydrogen-bond acceptors (Lipinski definition) is 4. The van der Waals surface area contributed by atoms with Crippen LogP contribution in [0.1, 0.15) is 39.8 Å². The number of hydrogen-bond donors (Lipinski definition) is 2. The van der Waals surface area contributed by atoms with Crippen LogP contribution in [0.4, 0.5) is 27.6 Å². The van der Waals surface area contributed by atoms with E-state index >= 15 is 0 Å². The van der Waals surface area contributed by atoms with Gasteiger partial charge in [0.2, 0.25) is 5.82 Å². The van der Waals surface area contributed by atoms with Crippen LogP contribution < -0.4 is 10.5 Å². The van der Waals surface area contributed by atoms with Gasteiger partial charge in [-0.3, -0.25) is 4.79 Å². The van der Waals surface area contributed by atoms with E-state index in [1.807, 2.05) is 0 Å². The second-order valence-corrected chi connectivity index (χ2v) is 9.06. The molecule has 39 heavy (non-hydrogen) atoms. The molecule has 0 aliphatic heterocycles. The number of benzene rings is 3. The van der Waals surface area contributed by atoms with Gasteiger partial charge in [-0.2, -0.15) is 0 Å². The van der Waals surface area contributed by atoms with E-state index in [0.29, 0.717) is 29.7 Å². The van der Waals surface area contributed by atoms with E-state index in [2.05, 4.69) is 15.9 Å². The number of carboxylic acid groups (broad SMARTS) is 1. The van der Waals surface area contributed by atoms with E-state index in [0.717, 1.165) is 23.8 Å². The number of aryl methyl sites for hydroxylation is 2. The van der Waals surface area contributed by atoms with E-state index < -0.39 is 63.3 Å². The van der Waals surface area contributed by atoms with Gasteiger partial charge >= 0.3 is 5.97 Å². The number of fused-ring (bicyclic) bond motifs is 2. The molecular weight excluding hydrogens is 521 g/mol. The number of terminal acetylenes is 1. The number of nitrogens with one attached hydrogen (secondary N) is 1. The van der Waals surface area contributed by atoms with Crippen molar-refractivity contribution in [1.82, 2.24) is 9.97 Å². The fourth-order valence-electron chi connectivity index (χ4n) is 5.17. The zero-order chi connectivity index (χ0) is 28.2. The summed E-state index contributed by atoms with van der Waals surface area (Å²) in [6.45, 7) is 1.35. The van der Waals surface area contributed by atoms with Crippen LogP contribution in [0.15, 0.2) is 35.1 Å². The van der Waals surface area contributed by atoms with Crippen LogP contribution >= 0.6 is 0 Å². The lowest BCUT2D eigenvalue weighted by Crippen LogP contribution is -2.30. The van der Waals surface area contributed by atoms with E-state index in [1.165, 1.54) is 4.90 Å². The van der Waals surface area contributed by atoms with E-state index in [1.54, 1.807) is 19.1 Å². The summed E-state index contributed by atoms with van der Waals surface area (Å²) in [6, 6.07) is 5.98. The first kappa shape index (κ1) is 25.9. The number of nitrogens with zero attached hydrogens (tertiary/aromatic N) is 2. The van der Waals surface area contributed by atoms with E-state index in [9.17, 15) is 36.6 Å². The molecule has 1 aliphatic rings. The molecule has 6 nitrogen and oxygen atoms in total. The van der Waals surface area contributed by atoms with Crippen molar-refractivity contribution >= 4 is 22.6 Å². The van der Waals surface area contributed by atoms with Gasteiger partial charge < -0.3 is 15.0 Å². The van der Waals surface area contributed by atoms with Gasteiger partial charge in [0.15, 0.2) is 23.3 Å². The Hall–Kier alpha value is -4.72. The van der Waals surface area contributed by atoms with Gasteiger partial charge in [-0.1, -0.05) is 18.1 Å². The molecule has 0 fully saturated rings. The third-order valence-corrected chi connectivity index (χ3v) is 6.80. The number of aromatic amines is 1. The van der Waals surface area contributed by atoms with E-state index in [-0.39, 0.29) is 17.6 Å². The molecule has 1 atom stereocenters. The van der Waals surface area contributed by atoms with Gasteiger partial charge in [-0.15, -0.1) is 6.42 Å². The van der Waals surface area contributed by atoms with Crippen molar-refractivity contribution in [2.75, 3.05) is 11.4 Å². The summed E-state index contributed by atoms with van der Waals surface area (Å²) in [4.78, 5) is 33.2. The predicted molar refractivity (Wildman–Crippen MR) is 133 cm³/mol. The molecule has 1 aromatic heterocycles. The van der Waals surface area contributed by atoms with Crippen LogP contribution in [-0.4, -0.2) is 27.6 Å². The Bertz CT molecular complexity index is 1770. The molecule has 4 aromatic rings. The van der Waals surface area contributed by atoms with Gasteiger partial charge in [-0.05, 0) is 49.1 Å². The summed E-state index contributed by atoms with van der Waals surface area (Å²) in [6.07, 6.45) is 6.43. The minimum absolute atomic E-state index is 0.262. The van der Waals surface area contributed by atoms with Gasteiger partial charge in [0.25, 0.3) is 5.56 Å². The Labute approximate surface area is 217 Å². The van der Waals surface area contributed by atoms with Gasteiger partial charge in [-0.25, -0.2) is 31.7 Å². The smallest absolute Gasteiger partial charge is 0.337 e. The predicted octanol–water partition coefficient (Wildman–Crippen LogP) is 5.42. The molecule has 0 radical (unpaired) electrons. The summed E-state index contributed by atoms with van der Waals surface area (Å²) >= 11 is 0. The number of para-hydroxylation sites is 1. The lowest BCUT2D eigenvalue weighted by Gasteiger charge is -2.33. The van der Waals surface area contributed by atoms with Crippen molar-refractivity contribution in [3.05, 3.63) is 92.3 Å². The summed E-state index contributed by atoms with van der Waals surface area (Å²) in [5.41, 5.74) is -1.16. The van der Waals surface area contributed by atoms with Crippen LogP contribution in [0, 0.1) is 48.4 Å². The van der Waals surface area contributed by atoms with Crippen molar-refractivity contribution in [3.8, 4) is 23.5 Å². The molecule has 0 saturated heterocycles. The molecule has 3 aromatic carbocycles. The number of anilines is 1. The quantitative estimate of drug-likeness (QED) is 0.153. The van der Waals surface area contributed by atoms with Crippen molar-refractivity contribution in [1.29, 1.82) is 0 Å². The summed E-state index contributed by atoms with van der Waals surface area (Å²) in [5, 5.41) is 10.2. The lowest BCUT2D eigenvalue weighted by molar-refractivity contribution is 0.0697. The standard InChI is InChI=1S/C28H18F5N3O3/c1-3-9-36(19-8-7-13-10-18-17(11-16(13)19)27(37)35-12(2)34-18)26-14(5-4-6-15(26)28(38)39)20-21(29)23(31)25(33)24(32)22(20)30/h1,4-6,10-11,19H,7-9H2,2H3,(H,38,39)(H,34,35,37)/t19-/m0/s1. The zero-order valence-corrected chi connectivity index (χ0v) is 20.2. The average molecular weight is 539 g/mol. The molecule has 0 unspecified atom stereocenters. The largest absolute Gasteiger partial charge is 0.478 e. The molecule has 198 valence electrons. The topological polar surface area (TPSA) is 86.3 Å². The number of halogens is 5. The second kappa shape index (κ2) is 9.54. The fourth-order valence-corrected chi connectivity index (χ4v) is 5.17. The average Bonchev–Trinajstić information content (AvgIpc) is 3.31. The van der Waals surface area contributed by atoms with Gasteiger partial charge in [0, 0.05) is 5.56 Å². The first-order valence-electron chi connectivity index (χ1n) is 11.7. The highest BCUT2D eigenvalue weighted by atomic mass is 19.2. The van der Waals surface area contributed by atoms with Crippen molar-refractivity contribution in [2.45, 2.75) is 25.8 Å². The molecule has 2 N–H and O–H groups in total. The molecule has 0 spiro atoms. The summed E-state index contributed by atoms with van der Waals surface area (Å²) in [7, 11) is 0. The monoisotopic (exact) mass is 539 g/mol.